The maximum absolute atomic E-state index is 5.26. The lowest BCUT2D eigenvalue weighted by Crippen LogP contribution is -2.27. The third-order valence-corrected chi connectivity index (χ3v) is 3.70. The number of nitrogens with one attached hydrogen (secondary N) is 1. The quantitative estimate of drug-likeness (QED) is 0.841. The summed E-state index contributed by atoms with van der Waals surface area (Å²) in [6.07, 6.45) is 4.08. The van der Waals surface area contributed by atoms with Crippen molar-refractivity contribution in [3.63, 3.8) is 0 Å². The van der Waals surface area contributed by atoms with Gasteiger partial charge in [-0.15, -0.1) is 0 Å². The first-order chi connectivity index (χ1) is 8.29. The fraction of sp³-hybridized carbons (Fsp3) is 0.769. The average molecular weight is 235 g/mol. The van der Waals surface area contributed by atoms with Gasteiger partial charge in [0, 0.05) is 18.7 Å². The molecule has 1 saturated heterocycles. The van der Waals surface area contributed by atoms with E-state index >= 15 is 0 Å². The molecule has 2 heterocycles. The second-order valence-corrected chi connectivity index (χ2v) is 5.51. The molecule has 17 heavy (non-hydrogen) atoms. The zero-order chi connectivity index (χ0) is 11.7. The zero-order valence-corrected chi connectivity index (χ0v) is 10.5. The van der Waals surface area contributed by atoms with Crippen molar-refractivity contribution in [3.8, 4) is 0 Å². The molecule has 4 nitrogen and oxygen atoms in total. The maximum Gasteiger partial charge on any atom is 0.150 e. The summed E-state index contributed by atoms with van der Waals surface area (Å²) in [5.41, 5.74) is 0.978. The van der Waals surface area contributed by atoms with E-state index in [2.05, 4.69) is 15.4 Å². The minimum atomic E-state index is 0.819. The molecule has 1 saturated carbocycles. The van der Waals surface area contributed by atoms with Gasteiger partial charge in [0.1, 0.15) is 0 Å². The number of aromatic nitrogens is 1. The van der Waals surface area contributed by atoms with E-state index in [0.717, 1.165) is 30.0 Å². The van der Waals surface area contributed by atoms with Gasteiger partial charge in [-0.25, -0.2) is 0 Å². The molecule has 0 amide bonds. The Labute approximate surface area is 102 Å². The van der Waals surface area contributed by atoms with E-state index in [0.29, 0.717) is 0 Å². The fourth-order valence-electron chi connectivity index (χ4n) is 2.56. The molecule has 4 heteroatoms. The molecule has 2 aliphatic rings. The van der Waals surface area contributed by atoms with Crippen molar-refractivity contribution in [1.29, 1.82) is 0 Å². The van der Waals surface area contributed by atoms with Crippen LogP contribution in [-0.4, -0.2) is 35.7 Å². The van der Waals surface area contributed by atoms with Crippen molar-refractivity contribution >= 4 is 0 Å². The van der Waals surface area contributed by atoms with Gasteiger partial charge >= 0.3 is 0 Å². The van der Waals surface area contributed by atoms with Crippen LogP contribution in [0, 0.1) is 12.8 Å². The van der Waals surface area contributed by atoms with E-state index < -0.39 is 0 Å². The Morgan fingerprint density at radius 2 is 2.35 bits per heavy atom. The Hall–Kier alpha value is -0.870. The van der Waals surface area contributed by atoms with Crippen molar-refractivity contribution in [3.05, 3.63) is 17.5 Å². The molecule has 1 aliphatic heterocycles. The first-order valence-corrected chi connectivity index (χ1v) is 6.67. The van der Waals surface area contributed by atoms with Gasteiger partial charge in [0.2, 0.25) is 0 Å². The molecule has 2 fully saturated rings. The molecular formula is C13H21N3O. The second kappa shape index (κ2) is 4.78. The summed E-state index contributed by atoms with van der Waals surface area (Å²) < 4.78 is 5.26. The summed E-state index contributed by atoms with van der Waals surface area (Å²) in [7, 11) is 0. The highest BCUT2D eigenvalue weighted by Crippen LogP contribution is 2.22. The van der Waals surface area contributed by atoms with Crippen molar-refractivity contribution in [2.45, 2.75) is 38.8 Å². The smallest absolute Gasteiger partial charge is 0.150 e. The van der Waals surface area contributed by atoms with Crippen LogP contribution in [-0.2, 0) is 6.54 Å². The number of aryl methyl sites for hydroxylation is 1. The normalized spacial score (nSPS) is 25.6. The number of nitrogens with zero attached hydrogens (tertiary/aromatic N) is 2. The zero-order valence-electron chi connectivity index (χ0n) is 10.5. The van der Waals surface area contributed by atoms with Gasteiger partial charge in [0.05, 0.1) is 12.2 Å². The summed E-state index contributed by atoms with van der Waals surface area (Å²) in [6, 6.07) is 2.87. The molecule has 1 unspecified atom stereocenters. The number of likely N-dealkylation sites (tertiary alicyclic amines) is 1. The lowest BCUT2D eigenvalue weighted by atomic mass is 10.1. The largest absolute Gasteiger partial charge is 0.360 e. The minimum absolute atomic E-state index is 0.819. The third kappa shape index (κ3) is 3.07. The summed E-state index contributed by atoms with van der Waals surface area (Å²) in [4.78, 5) is 2.47. The highest BCUT2D eigenvalue weighted by molar-refractivity contribution is 5.03. The molecule has 0 aromatic carbocycles. The average Bonchev–Trinajstić information content (AvgIpc) is 2.90. The molecule has 0 radical (unpaired) electrons. The molecule has 1 aliphatic carbocycles. The Kier molecular flexibility index (Phi) is 3.16. The lowest BCUT2D eigenvalue weighted by molar-refractivity contribution is 0.264. The van der Waals surface area contributed by atoms with Crippen LogP contribution in [0.25, 0.3) is 0 Å². The Morgan fingerprint density at radius 3 is 3.06 bits per heavy atom. The van der Waals surface area contributed by atoms with Crippen LogP contribution in [0.5, 0.6) is 0 Å². The predicted molar refractivity (Wildman–Crippen MR) is 65.6 cm³/mol. The van der Waals surface area contributed by atoms with Crippen LogP contribution in [0.15, 0.2) is 10.6 Å². The predicted octanol–water partition coefficient (Wildman–Crippen LogP) is 1.56. The van der Waals surface area contributed by atoms with Crippen molar-refractivity contribution in [2.75, 3.05) is 19.6 Å². The fourth-order valence-corrected chi connectivity index (χ4v) is 2.56. The van der Waals surface area contributed by atoms with Gasteiger partial charge in [-0.2, -0.15) is 0 Å². The number of rotatable bonds is 5. The molecule has 1 aromatic rings. The van der Waals surface area contributed by atoms with E-state index in [-0.39, 0.29) is 0 Å². The molecule has 1 aromatic heterocycles. The molecule has 94 valence electrons. The first kappa shape index (κ1) is 11.2. The van der Waals surface area contributed by atoms with Crippen molar-refractivity contribution in [1.82, 2.24) is 15.4 Å². The van der Waals surface area contributed by atoms with E-state index in [9.17, 15) is 0 Å². The monoisotopic (exact) mass is 235 g/mol. The first-order valence-electron chi connectivity index (χ1n) is 6.67. The van der Waals surface area contributed by atoms with Gasteiger partial charge in [-0.1, -0.05) is 5.16 Å². The van der Waals surface area contributed by atoms with Gasteiger partial charge in [-0.3, -0.25) is 4.90 Å². The molecule has 1 N–H and O–H groups in total. The van der Waals surface area contributed by atoms with Crippen LogP contribution in [0.2, 0.25) is 0 Å². The van der Waals surface area contributed by atoms with Crippen LogP contribution in [0.4, 0.5) is 0 Å². The van der Waals surface area contributed by atoms with Crippen LogP contribution in [0.1, 0.15) is 30.7 Å². The van der Waals surface area contributed by atoms with Crippen molar-refractivity contribution < 1.29 is 4.52 Å². The third-order valence-electron chi connectivity index (χ3n) is 3.70. The highest BCUT2D eigenvalue weighted by Gasteiger charge is 2.26. The van der Waals surface area contributed by atoms with Crippen molar-refractivity contribution in [2.24, 2.45) is 5.92 Å². The second-order valence-electron chi connectivity index (χ2n) is 5.51. The van der Waals surface area contributed by atoms with E-state index in [4.69, 9.17) is 4.52 Å². The molecule has 0 spiro atoms. The Bertz CT molecular complexity index is 372. The Balaban J connectivity index is 1.43. The summed E-state index contributed by atoms with van der Waals surface area (Å²) in [5.74, 6) is 1.82. The highest BCUT2D eigenvalue weighted by atomic mass is 16.5. The number of hydrogen-bond donors (Lipinski definition) is 1. The molecular weight excluding hydrogens is 214 g/mol. The molecule has 0 bridgehead atoms. The summed E-state index contributed by atoms with van der Waals surface area (Å²) >= 11 is 0. The minimum Gasteiger partial charge on any atom is -0.360 e. The number of hydrogen-bond acceptors (Lipinski definition) is 4. The summed E-state index contributed by atoms with van der Waals surface area (Å²) in [6.45, 7) is 6.47. The van der Waals surface area contributed by atoms with Gasteiger partial charge in [-0.05, 0) is 45.2 Å². The maximum atomic E-state index is 5.26. The molecule has 3 rings (SSSR count). The topological polar surface area (TPSA) is 41.3 Å². The van der Waals surface area contributed by atoms with Gasteiger partial charge < -0.3 is 9.84 Å². The molecule has 1 atom stereocenters. The van der Waals surface area contributed by atoms with E-state index in [1.54, 1.807) is 0 Å². The van der Waals surface area contributed by atoms with Crippen LogP contribution < -0.4 is 5.32 Å². The SMILES string of the molecule is Cc1cc(CN2CCC(CNC3CC3)C2)on1. The van der Waals surface area contributed by atoms with E-state index in [1.807, 2.05) is 13.0 Å². The standard InChI is InChI=1S/C13H21N3O/c1-10-6-13(17-15-10)9-16-5-4-11(8-16)7-14-12-2-3-12/h6,11-12,14H,2-5,7-9H2,1H3. The van der Waals surface area contributed by atoms with Crippen LogP contribution in [0.3, 0.4) is 0 Å². The van der Waals surface area contributed by atoms with Crippen LogP contribution >= 0.6 is 0 Å². The van der Waals surface area contributed by atoms with E-state index in [1.165, 1.54) is 38.9 Å². The Morgan fingerprint density at radius 1 is 1.47 bits per heavy atom. The summed E-state index contributed by atoms with van der Waals surface area (Å²) in [5, 5.41) is 7.56. The van der Waals surface area contributed by atoms with Gasteiger partial charge in [0.25, 0.3) is 0 Å². The van der Waals surface area contributed by atoms with Gasteiger partial charge in [0.15, 0.2) is 5.76 Å². The lowest BCUT2D eigenvalue weighted by Gasteiger charge is -2.14.